The number of rotatable bonds is 5. The molecule has 1 unspecified atom stereocenters. The van der Waals surface area contributed by atoms with Crippen LogP contribution in [0.2, 0.25) is 0 Å². The molecule has 1 aliphatic carbocycles. The Hall–Kier alpha value is -1.07. The molecule has 1 heterocycles. The Labute approximate surface area is 107 Å². The van der Waals surface area contributed by atoms with Gasteiger partial charge in [-0.1, -0.05) is 0 Å². The predicted molar refractivity (Wildman–Crippen MR) is 68.0 cm³/mol. The fourth-order valence-electron chi connectivity index (χ4n) is 1.71. The molecule has 4 N–H and O–H groups in total. The molecule has 0 spiro atoms. The Morgan fingerprint density at radius 1 is 1.71 bits per heavy atom. The minimum absolute atomic E-state index is 0. The monoisotopic (exact) mass is 258 g/mol. The van der Waals surface area contributed by atoms with E-state index in [1.807, 2.05) is 13.0 Å². The highest BCUT2D eigenvalue weighted by Crippen LogP contribution is 2.31. The van der Waals surface area contributed by atoms with E-state index in [2.05, 4.69) is 15.5 Å². The molecule has 1 amide bonds. The molecule has 0 aromatic carbocycles. The van der Waals surface area contributed by atoms with Crippen molar-refractivity contribution in [1.29, 1.82) is 0 Å². The highest BCUT2D eigenvalue weighted by Gasteiger charge is 2.28. The summed E-state index contributed by atoms with van der Waals surface area (Å²) in [5, 5.41) is 9.67. The number of hydrogen-bond acceptors (Lipinski definition) is 3. The number of carbonyl (C=O) groups excluding carboxylic acids is 1. The maximum atomic E-state index is 11.5. The summed E-state index contributed by atoms with van der Waals surface area (Å²) in [4.78, 5) is 11.5. The van der Waals surface area contributed by atoms with E-state index in [0.29, 0.717) is 18.9 Å². The van der Waals surface area contributed by atoms with Crippen LogP contribution in [0.3, 0.4) is 0 Å². The van der Waals surface area contributed by atoms with Crippen LogP contribution in [0.1, 0.15) is 24.2 Å². The molecule has 5 nitrogen and oxygen atoms in total. The maximum absolute atomic E-state index is 11.5. The molecule has 1 atom stereocenters. The molecule has 1 fully saturated rings. The van der Waals surface area contributed by atoms with Crippen molar-refractivity contribution in [3.8, 4) is 0 Å². The Bertz CT molecular complexity index is 375. The summed E-state index contributed by atoms with van der Waals surface area (Å²) in [5.74, 6) is 0.607. The van der Waals surface area contributed by atoms with E-state index in [1.165, 1.54) is 12.8 Å². The van der Waals surface area contributed by atoms with Crippen LogP contribution in [0, 0.1) is 12.8 Å². The van der Waals surface area contributed by atoms with Gasteiger partial charge < -0.3 is 11.1 Å². The number of halogens is 1. The molecule has 0 saturated heterocycles. The highest BCUT2D eigenvalue weighted by molar-refractivity contribution is 5.85. The van der Waals surface area contributed by atoms with Crippen LogP contribution in [0.5, 0.6) is 0 Å². The van der Waals surface area contributed by atoms with Crippen molar-refractivity contribution in [2.45, 2.75) is 32.2 Å². The summed E-state index contributed by atoms with van der Waals surface area (Å²) >= 11 is 0. The number of amides is 1. The Kier molecular flexibility index (Phi) is 4.96. The lowest BCUT2D eigenvalue weighted by molar-refractivity contribution is -0.120. The molecule has 1 aromatic rings. The third kappa shape index (κ3) is 4.36. The Balaban J connectivity index is 0.00000144. The van der Waals surface area contributed by atoms with Crippen LogP contribution < -0.4 is 11.1 Å². The van der Waals surface area contributed by atoms with Crippen molar-refractivity contribution in [1.82, 2.24) is 15.5 Å². The fraction of sp³-hybridized carbons (Fsp3) is 0.636. The lowest BCUT2D eigenvalue weighted by Gasteiger charge is -2.10. The van der Waals surface area contributed by atoms with E-state index in [1.54, 1.807) is 0 Å². The number of aryl methyl sites for hydroxylation is 1. The second kappa shape index (κ2) is 6.02. The number of nitrogens with two attached hydrogens (primary N) is 1. The summed E-state index contributed by atoms with van der Waals surface area (Å²) in [6.07, 6.45) is 2.73. The molecule has 0 bridgehead atoms. The summed E-state index contributed by atoms with van der Waals surface area (Å²) < 4.78 is 0. The van der Waals surface area contributed by atoms with Crippen molar-refractivity contribution < 1.29 is 4.79 Å². The largest absolute Gasteiger partial charge is 0.354 e. The van der Waals surface area contributed by atoms with E-state index in [-0.39, 0.29) is 24.4 Å². The first kappa shape index (κ1) is 14.0. The molecule has 1 aromatic heterocycles. The smallest absolute Gasteiger partial charge is 0.226 e. The second-order valence-corrected chi connectivity index (χ2v) is 4.52. The molecular weight excluding hydrogens is 240 g/mol. The quantitative estimate of drug-likeness (QED) is 0.721. The number of aromatic amines is 1. The van der Waals surface area contributed by atoms with Crippen LogP contribution in [0.4, 0.5) is 0 Å². The third-order valence-corrected chi connectivity index (χ3v) is 2.86. The number of aromatic nitrogens is 2. The topological polar surface area (TPSA) is 83.8 Å². The van der Waals surface area contributed by atoms with Crippen LogP contribution in [0.25, 0.3) is 0 Å². The number of H-pyrrole nitrogens is 1. The zero-order chi connectivity index (χ0) is 11.5. The van der Waals surface area contributed by atoms with Gasteiger partial charge in [-0.15, -0.1) is 12.4 Å². The van der Waals surface area contributed by atoms with Crippen molar-refractivity contribution >= 4 is 18.3 Å². The minimum Gasteiger partial charge on any atom is -0.354 e. The van der Waals surface area contributed by atoms with E-state index in [9.17, 15) is 4.79 Å². The van der Waals surface area contributed by atoms with E-state index < -0.39 is 0 Å². The molecule has 17 heavy (non-hydrogen) atoms. The van der Waals surface area contributed by atoms with Gasteiger partial charge in [0.15, 0.2) is 0 Å². The number of nitrogens with zero attached hydrogens (tertiary/aromatic N) is 1. The van der Waals surface area contributed by atoms with Gasteiger partial charge in [-0.3, -0.25) is 9.89 Å². The van der Waals surface area contributed by atoms with E-state index in [0.717, 1.165) is 11.4 Å². The van der Waals surface area contributed by atoms with Crippen molar-refractivity contribution in [2.24, 2.45) is 11.7 Å². The van der Waals surface area contributed by atoms with Crippen molar-refractivity contribution in [3.63, 3.8) is 0 Å². The van der Waals surface area contributed by atoms with E-state index >= 15 is 0 Å². The van der Waals surface area contributed by atoms with Gasteiger partial charge in [0.25, 0.3) is 0 Å². The van der Waals surface area contributed by atoms with Crippen LogP contribution in [-0.4, -0.2) is 28.7 Å². The summed E-state index contributed by atoms with van der Waals surface area (Å²) in [6.45, 7) is 2.49. The van der Waals surface area contributed by atoms with Gasteiger partial charge in [-0.25, -0.2) is 0 Å². The van der Waals surface area contributed by atoms with Crippen LogP contribution in [0.15, 0.2) is 6.07 Å². The van der Waals surface area contributed by atoms with Gasteiger partial charge >= 0.3 is 0 Å². The first-order valence-corrected chi connectivity index (χ1v) is 5.68. The standard InChI is InChI=1S/C11H18N4O.ClH/c1-7-4-9(15-14-7)5-11(16)13-6-10(12)8-2-3-8;/h4,8,10H,2-3,5-6,12H2,1H3,(H,13,16)(H,14,15);1H. The predicted octanol–water partition coefficient (Wildman–Crippen LogP) is 0.536. The van der Waals surface area contributed by atoms with Gasteiger partial charge in [-0.2, -0.15) is 5.10 Å². The normalized spacial score (nSPS) is 16.1. The second-order valence-electron chi connectivity index (χ2n) is 4.52. The van der Waals surface area contributed by atoms with Gasteiger partial charge in [0.05, 0.1) is 12.1 Å². The zero-order valence-corrected chi connectivity index (χ0v) is 10.7. The Morgan fingerprint density at radius 2 is 2.41 bits per heavy atom. The number of carbonyl (C=O) groups is 1. The number of hydrogen-bond donors (Lipinski definition) is 3. The lowest BCUT2D eigenvalue weighted by atomic mass is 10.2. The zero-order valence-electron chi connectivity index (χ0n) is 9.90. The fourth-order valence-corrected chi connectivity index (χ4v) is 1.71. The lowest BCUT2D eigenvalue weighted by Crippen LogP contribution is -2.39. The van der Waals surface area contributed by atoms with Crippen molar-refractivity contribution in [3.05, 3.63) is 17.5 Å². The summed E-state index contributed by atoms with van der Waals surface area (Å²) in [6, 6.07) is 1.99. The SMILES string of the molecule is Cc1cc(CC(=O)NCC(N)C2CC2)n[nH]1.Cl. The van der Waals surface area contributed by atoms with Gasteiger partial charge in [-0.05, 0) is 31.7 Å². The molecular formula is C11H19ClN4O. The summed E-state index contributed by atoms with van der Waals surface area (Å²) in [5.41, 5.74) is 7.63. The Morgan fingerprint density at radius 3 is 2.94 bits per heavy atom. The molecule has 1 saturated carbocycles. The molecule has 0 aliphatic heterocycles. The molecule has 2 rings (SSSR count). The average Bonchev–Trinajstić information content (AvgIpc) is 3.01. The minimum atomic E-state index is -0.0115. The summed E-state index contributed by atoms with van der Waals surface area (Å²) in [7, 11) is 0. The molecule has 1 aliphatic rings. The molecule has 96 valence electrons. The van der Waals surface area contributed by atoms with Gasteiger partial charge in [0.2, 0.25) is 5.91 Å². The third-order valence-electron chi connectivity index (χ3n) is 2.86. The van der Waals surface area contributed by atoms with Gasteiger partial charge in [0.1, 0.15) is 0 Å². The highest BCUT2D eigenvalue weighted by atomic mass is 35.5. The average molecular weight is 259 g/mol. The first-order valence-electron chi connectivity index (χ1n) is 5.68. The first-order chi connectivity index (χ1) is 7.65. The maximum Gasteiger partial charge on any atom is 0.226 e. The van der Waals surface area contributed by atoms with E-state index in [4.69, 9.17) is 5.73 Å². The molecule has 0 radical (unpaired) electrons. The van der Waals surface area contributed by atoms with Crippen LogP contribution in [-0.2, 0) is 11.2 Å². The van der Waals surface area contributed by atoms with Crippen LogP contribution >= 0.6 is 12.4 Å². The van der Waals surface area contributed by atoms with Crippen molar-refractivity contribution in [2.75, 3.05) is 6.54 Å². The molecule has 6 heteroatoms. The van der Waals surface area contributed by atoms with Gasteiger partial charge in [0, 0.05) is 18.3 Å². The number of nitrogens with one attached hydrogen (secondary N) is 2.